The van der Waals surface area contributed by atoms with Gasteiger partial charge in [0.05, 0.1) is 5.69 Å². The summed E-state index contributed by atoms with van der Waals surface area (Å²) in [5, 5.41) is 1.49. The van der Waals surface area contributed by atoms with E-state index in [2.05, 4.69) is 9.97 Å². The van der Waals surface area contributed by atoms with Crippen molar-refractivity contribution in [1.29, 1.82) is 0 Å². The lowest BCUT2D eigenvalue weighted by atomic mass is 9.99. The molecule has 3 heterocycles. The van der Waals surface area contributed by atoms with Crippen LogP contribution >= 0.6 is 0 Å². The smallest absolute Gasteiger partial charge is 0.229 e. The van der Waals surface area contributed by atoms with Crippen molar-refractivity contribution in [2.75, 3.05) is 0 Å². The largest absolute Gasteiger partial charge is 0.437 e. The Morgan fingerprint density at radius 2 is 1.81 bits per heavy atom. The zero-order valence-corrected chi connectivity index (χ0v) is 14.1. The van der Waals surface area contributed by atoms with Crippen LogP contribution in [0.4, 0.5) is 4.39 Å². The average Bonchev–Trinajstić information content (AvgIpc) is 3.11. The first kappa shape index (κ1) is 12.8. The Hall–Kier alpha value is -3.53. The summed E-state index contributed by atoms with van der Waals surface area (Å²) in [5.41, 5.74) is 3.52. The zero-order valence-electron chi connectivity index (χ0n) is 17.1. The SMILES string of the molecule is [2H]C([2H])([2H])c1cnc(-c2cccc3c2oc2nc(F)ccc23)cc1-c1ccccc1. The van der Waals surface area contributed by atoms with E-state index in [4.69, 9.17) is 8.53 Å². The van der Waals surface area contributed by atoms with Crippen molar-refractivity contribution in [2.45, 2.75) is 6.85 Å². The number of furan rings is 1. The molecule has 5 aromatic rings. The highest BCUT2D eigenvalue weighted by Crippen LogP contribution is 2.36. The molecule has 0 atom stereocenters. The second kappa shape index (κ2) is 6.02. The van der Waals surface area contributed by atoms with Crippen molar-refractivity contribution >= 4 is 22.1 Å². The maximum absolute atomic E-state index is 13.5. The number of pyridine rings is 2. The second-order valence-electron chi connectivity index (χ2n) is 6.25. The summed E-state index contributed by atoms with van der Waals surface area (Å²) in [5.74, 6) is -0.616. The molecule has 130 valence electrons. The van der Waals surface area contributed by atoms with Crippen LogP contribution in [0.3, 0.4) is 0 Å². The van der Waals surface area contributed by atoms with Crippen LogP contribution in [0.25, 0.3) is 44.5 Å². The lowest BCUT2D eigenvalue weighted by molar-refractivity contribution is 0.569. The van der Waals surface area contributed by atoms with E-state index in [9.17, 15) is 4.39 Å². The number of aryl methyl sites for hydroxylation is 1. The van der Waals surface area contributed by atoms with Crippen LogP contribution in [0, 0.1) is 12.8 Å². The molecule has 0 unspecified atom stereocenters. The molecule has 3 nitrogen and oxygen atoms in total. The Balaban J connectivity index is 1.77. The lowest BCUT2D eigenvalue weighted by Gasteiger charge is -2.09. The molecule has 0 aliphatic rings. The van der Waals surface area contributed by atoms with Crippen molar-refractivity contribution in [2.24, 2.45) is 0 Å². The third kappa shape index (κ3) is 2.57. The predicted molar refractivity (Wildman–Crippen MR) is 105 cm³/mol. The molecule has 0 bridgehead atoms. The van der Waals surface area contributed by atoms with Gasteiger partial charge in [-0.1, -0.05) is 42.5 Å². The molecule has 0 aliphatic heterocycles. The molecule has 0 saturated heterocycles. The lowest BCUT2D eigenvalue weighted by Crippen LogP contribution is -1.90. The van der Waals surface area contributed by atoms with E-state index in [-0.39, 0.29) is 11.3 Å². The molecule has 0 fully saturated rings. The Morgan fingerprint density at radius 1 is 0.926 bits per heavy atom. The van der Waals surface area contributed by atoms with Gasteiger partial charge >= 0.3 is 0 Å². The standard InChI is InChI=1S/C23H15FN2O/c1-14-13-25-20(12-19(14)15-6-3-2-4-7-15)18-9-5-8-16-17-10-11-21(24)26-23(17)27-22(16)18/h2-13H,1H3/i1D3. The fraction of sp³-hybridized carbons (Fsp3) is 0.0435. The van der Waals surface area contributed by atoms with Crippen LogP contribution in [0.5, 0.6) is 0 Å². The molecule has 27 heavy (non-hydrogen) atoms. The number of rotatable bonds is 2. The van der Waals surface area contributed by atoms with Gasteiger partial charge in [0, 0.05) is 26.6 Å². The predicted octanol–water partition coefficient (Wildman–Crippen LogP) is 6.16. The first-order valence-electron chi connectivity index (χ1n) is 9.96. The van der Waals surface area contributed by atoms with E-state index in [0.717, 1.165) is 10.9 Å². The topological polar surface area (TPSA) is 38.9 Å². The molecule has 3 aromatic heterocycles. The van der Waals surface area contributed by atoms with Crippen molar-refractivity contribution < 1.29 is 12.9 Å². The van der Waals surface area contributed by atoms with Crippen LogP contribution < -0.4 is 0 Å². The molecular formula is C23H15FN2O. The summed E-state index contributed by atoms with van der Waals surface area (Å²) < 4.78 is 43.1. The molecule has 2 aromatic carbocycles. The summed E-state index contributed by atoms with van der Waals surface area (Å²) in [6, 6.07) is 19.6. The summed E-state index contributed by atoms with van der Waals surface area (Å²) >= 11 is 0. The Kier molecular flexibility index (Phi) is 2.85. The van der Waals surface area contributed by atoms with E-state index in [1.165, 1.54) is 12.3 Å². The number of para-hydroxylation sites is 1. The van der Waals surface area contributed by atoms with Crippen molar-refractivity contribution in [3.05, 3.63) is 84.4 Å². The Labute approximate surface area is 159 Å². The molecule has 0 N–H and O–H groups in total. The average molecular weight is 357 g/mol. The Morgan fingerprint density at radius 3 is 2.67 bits per heavy atom. The monoisotopic (exact) mass is 357 g/mol. The number of aromatic nitrogens is 2. The number of fused-ring (bicyclic) bond motifs is 3. The van der Waals surface area contributed by atoms with Crippen molar-refractivity contribution in [3.8, 4) is 22.4 Å². The minimum Gasteiger partial charge on any atom is -0.437 e. The van der Waals surface area contributed by atoms with Crippen LogP contribution in [0.2, 0.25) is 0 Å². The Bertz CT molecular complexity index is 1390. The van der Waals surface area contributed by atoms with Gasteiger partial charge in [-0.05, 0) is 47.8 Å². The van der Waals surface area contributed by atoms with E-state index in [1.807, 2.05) is 48.5 Å². The first-order chi connectivity index (χ1) is 14.4. The molecule has 0 amide bonds. The molecule has 0 saturated carbocycles. The maximum Gasteiger partial charge on any atom is 0.229 e. The summed E-state index contributed by atoms with van der Waals surface area (Å²) in [6.07, 6.45) is 1.39. The maximum atomic E-state index is 13.5. The van der Waals surface area contributed by atoms with Gasteiger partial charge in [-0.15, -0.1) is 0 Å². The third-order valence-corrected chi connectivity index (χ3v) is 4.59. The summed E-state index contributed by atoms with van der Waals surface area (Å²) in [7, 11) is 0. The normalized spacial score (nSPS) is 13.4. The van der Waals surface area contributed by atoms with E-state index < -0.39 is 12.8 Å². The minimum absolute atomic E-state index is 0.179. The number of hydrogen-bond acceptors (Lipinski definition) is 3. The number of benzene rings is 2. The van der Waals surface area contributed by atoms with Gasteiger partial charge in [-0.3, -0.25) is 4.98 Å². The van der Waals surface area contributed by atoms with Gasteiger partial charge in [0.1, 0.15) is 5.58 Å². The molecular weight excluding hydrogens is 339 g/mol. The third-order valence-electron chi connectivity index (χ3n) is 4.59. The fourth-order valence-electron chi connectivity index (χ4n) is 3.32. The summed E-state index contributed by atoms with van der Waals surface area (Å²) in [4.78, 5) is 8.26. The molecule has 5 rings (SSSR count). The zero-order chi connectivity index (χ0) is 20.9. The van der Waals surface area contributed by atoms with Gasteiger partial charge in [0.15, 0.2) is 0 Å². The van der Waals surface area contributed by atoms with Crippen molar-refractivity contribution in [3.63, 3.8) is 0 Å². The molecule has 0 aliphatic carbocycles. The number of halogens is 1. The van der Waals surface area contributed by atoms with E-state index >= 15 is 0 Å². The highest BCUT2D eigenvalue weighted by atomic mass is 19.1. The second-order valence-corrected chi connectivity index (χ2v) is 6.25. The minimum atomic E-state index is -2.30. The van der Waals surface area contributed by atoms with E-state index in [1.54, 1.807) is 12.1 Å². The highest BCUT2D eigenvalue weighted by molar-refractivity contribution is 6.08. The fourth-order valence-corrected chi connectivity index (χ4v) is 3.32. The number of nitrogens with zero attached hydrogens (tertiary/aromatic N) is 2. The van der Waals surface area contributed by atoms with Gasteiger partial charge in [-0.2, -0.15) is 9.37 Å². The van der Waals surface area contributed by atoms with Crippen molar-refractivity contribution in [1.82, 2.24) is 9.97 Å². The van der Waals surface area contributed by atoms with Crippen LogP contribution in [0.1, 0.15) is 9.68 Å². The van der Waals surface area contributed by atoms with Gasteiger partial charge in [0.2, 0.25) is 11.7 Å². The highest BCUT2D eigenvalue weighted by Gasteiger charge is 2.15. The van der Waals surface area contributed by atoms with Crippen LogP contribution in [-0.2, 0) is 0 Å². The molecule has 4 heteroatoms. The van der Waals surface area contributed by atoms with E-state index in [0.29, 0.717) is 27.8 Å². The van der Waals surface area contributed by atoms with Gasteiger partial charge < -0.3 is 4.42 Å². The molecule has 0 spiro atoms. The van der Waals surface area contributed by atoms with Gasteiger partial charge in [-0.25, -0.2) is 0 Å². The summed E-state index contributed by atoms with van der Waals surface area (Å²) in [6.45, 7) is -2.30. The number of hydrogen-bond donors (Lipinski definition) is 0. The van der Waals surface area contributed by atoms with Crippen LogP contribution in [-0.4, -0.2) is 9.97 Å². The molecule has 0 radical (unpaired) electrons. The van der Waals surface area contributed by atoms with Gasteiger partial charge in [0.25, 0.3) is 0 Å². The van der Waals surface area contributed by atoms with Crippen LogP contribution in [0.15, 0.2) is 77.3 Å². The first-order valence-corrected chi connectivity index (χ1v) is 8.46. The quantitative estimate of drug-likeness (QED) is 0.355.